The molecule has 1 fully saturated rings. The molecule has 2 atom stereocenters. The summed E-state index contributed by atoms with van der Waals surface area (Å²) in [6, 6.07) is 1.82. The molecule has 2 heterocycles. The first-order valence-corrected chi connectivity index (χ1v) is 8.53. The molecule has 0 bridgehead atoms. The molecule has 5 nitrogen and oxygen atoms in total. The highest BCUT2D eigenvalue weighted by Gasteiger charge is 2.38. The lowest BCUT2D eigenvalue weighted by atomic mass is 10.1. The number of aliphatic hydroxyl groups excluding tert-OH is 1. The van der Waals surface area contributed by atoms with Crippen LogP contribution in [-0.4, -0.2) is 56.0 Å². The first kappa shape index (κ1) is 14.9. The van der Waals surface area contributed by atoms with Crippen LogP contribution < -0.4 is 0 Å². The van der Waals surface area contributed by atoms with E-state index in [9.17, 15) is 8.42 Å². The number of rotatable bonds is 4. The Bertz CT molecular complexity index is 539. The fourth-order valence-corrected chi connectivity index (χ4v) is 5.18. The Morgan fingerprint density at radius 2 is 2.16 bits per heavy atom. The van der Waals surface area contributed by atoms with Crippen LogP contribution in [0.25, 0.3) is 0 Å². The molecule has 0 aliphatic carbocycles. The van der Waals surface area contributed by atoms with Gasteiger partial charge in [0.15, 0.2) is 0 Å². The van der Waals surface area contributed by atoms with Gasteiger partial charge in [-0.25, -0.2) is 8.42 Å². The van der Waals surface area contributed by atoms with Crippen LogP contribution in [-0.2, 0) is 16.6 Å². The minimum atomic E-state index is -3.42. The van der Waals surface area contributed by atoms with Crippen LogP contribution in [0.15, 0.2) is 16.3 Å². The van der Waals surface area contributed by atoms with Crippen LogP contribution in [0.3, 0.4) is 0 Å². The molecule has 7 heteroatoms. The predicted molar refractivity (Wildman–Crippen MR) is 75.6 cm³/mol. The monoisotopic (exact) mass is 304 g/mol. The van der Waals surface area contributed by atoms with E-state index in [1.54, 1.807) is 15.8 Å². The van der Waals surface area contributed by atoms with Crippen molar-refractivity contribution in [2.75, 3.05) is 27.2 Å². The van der Waals surface area contributed by atoms with Gasteiger partial charge in [-0.1, -0.05) is 6.92 Å². The van der Waals surface area contributed by atoms with Gasteiger partial charge in [0.25, 0.3) is 0 Å². The minimum Gasteiger partial charge on any atom is -0.391 e. The number of aliphatic hydroxyl groups is 1. The molecular weight excluding hydrogens is 284 g/mol. The topological polar surface area (TPSA) is 60.9 Å². The van der Waals surface area contributed by atoms with E-state index in [1.807, 2.05) is 14.1 Å². The Morgan fingerprint density at radius 3 is 2.63 bits per heavy atom. The molecule has 1 aliphatic rings. The van der Waals surface area contributed by atoms with Gasteiger partial charge in [0.05, 0.1) is 11.5 Å². The Kier molecular flexibility index (Phi) is 4.32. The van der Waals surface area contributed by atoms with Crippen molar-refractivity contribution in [1.82, 2.24) is 9.21 Å². The zero-order valence-electron chi connectivity index (χ0n) is 11.4. The highest BCUT2D eigenvalue weighted by Crippen LogP contribution is 2.28. The molecule has 2 rings (SSSR count). The van der Waals surface area contributed by atoms with Crippen LogP contribution in [0.2, 0.25) is 0 Å². The zero-order valence-corrected chi connectivity index (χ0v) is 13.0. The van der Waals surface area contributed by atoms with Crippen LogP contribution >= 0.6 is 11.3 Å². The molecule has 0 aromatic carbocycles. The summed E-state index contributed by atoms with van der Waals surface area (Å²) in [7, 11) is 0.534. The summed E-state index contributed by atoms with van der Waals surface area (Å²) in [5, 5.41) is 10.6. The van der Waals surface area contributed by atoms with Crippen LogP contribution in [0, 0.1) is 5.92 Å². The maximum absolute atomic E-state index is 12.5. The minimum absolute atomic E-state index is 0.114. The molecule has 0 radical (unpaired) electrons. The van der Waals surface area contributed by atoms with Crippen LogP contribution in [0.4, 0.5) is 0 Å². The molecule has 19 heavy (non-hydrogen) atoms. The van der Waals surface area contributed by atoms with Gasteiger partial charge in [-0.05, 0) is 26.1 Å². The summed E-state index contributed by atoms with van der Waals surface area (Å²) in [5.41, 5.74) is 0. The van der Waals surface area contributed by atoms with Gasteiger partial charge < -0.3 is 10.0 Å². The zero-order chi connectivity index (χ0) is 14.2. The van der Waals surface area contributed by atoms with E-state index in [0.717, 1.165) is 0 Å². The highest BCUT2D eigenvalue weighted by atomic mass is 32.2. The molecule has 0 amide bonds. The van der Waals surface area contributed by atoms with E-state index in [-0.39, 0.29) is 12.6 Å². The fourth-order valence-electron chi connectivity index (χ4n) is 2.50. The number of likely N-dealkylation sites (N-methyl/N-ethyl adjacent to an activating group) is 1. The third-order valence-corrected chi connectivity index (χ3v) is 6.51. The average Bonchev–Trinajstić information content (AvgIpc) is 2.95. The SMILES string of the molecule is CC1CN(S(=O)(=O)c2csc(CO)c2)CC1N(C)C. The Hall–Kier alpha value is -0.470. The third kappa shape index (κ3) is 2.85. The van der Waals surface area contributed by atoms with Gasteiger partial charge in [0.1, 0.15) is 0 Å². The van der Waals surface area contributed by atoms with Gasteiger partial charge in [-0.15, -0.1) is 11.3 Å². The number of hydrogen-bond acceptors (Lipinski definition) is 5. The maximum atomic E-state index is 12.5. The largest absolute Gasteiger partial charge is 0.391 e. The van der Waals surface area contributed by atoms with Crippen molar-refractivity contribution >= 4 is 21.4 Å². The highest BCUT2D eigenvalue weighted by molar-refractivity contribution is 7.89. The van der Waals surface area contributed by atoms with Crippen molar-refractivity contribution in [3.63, 3.8) is 0 Å². The summed E-state index contributed by atoms with van der Waals surface area (Å²) >= 11 is 1.28. The van der Waals surface area contributed by atoms with Gasteiger partial charge in [-0.2, -0.15) is 4.31 Å². The second-order valence-electron chi connectivity index (χ2n) is 5.24. The molecular formula is C12H20N2O3S2. The van der Waals surface area contributed by atoms with Gasteiger partial charge in [0.2, 0.25) is 10.0 Å². The second kappa shape index (κ2) is 5.49. The lowest BCUT2D eigenvalue weighted by Crippen LogP contribution is -2.35. The first-order valence-electron chi connectivity index (χ1n) is 6.21. The number of thiophene rings is 1. The van der Waals surface area contributed by atoms with E-state index >= 15 is 0 Å². The van der Waals surface area contributed by atoms with Crippen LogP contribution in [0.1, 0.15) is 11.8 Å². The maximum Gasteiger partial charge on any atom is 0.243 e. The molecule has 108 valence electrons. The van der Waals surface area contributed by atoms with E-state index in [2.05, 4.69) is 11.8 Å². The van der Waals surface area contributed by atoms with Gasteiger partial charge in [0, 0.05) is 29.4 Å². The van der Waals surface area contributed by atoms with Gasteiger partial charge in [-0.3, -0.25) is 0 Å². The number of hydrogen-bond donors (Lipinski definition) is 1. The summed E-state index contributed by atoms with van der Waals surface area (Å²) < 4.78 is 26.6. The fraction of sp³-hybridized carbons (Fsp3) is 0.667. The predicted octanol–water partition coefficient (Wildman–Crippen LogP) is 0.811. The Balaban J connectivity index is 2.22. The quantitative estimate of drug-likeness (QED) is 0.894. The smallest absolute Gasteiger partial charge is 0.243 e. The van der Waals surface area contributed by atoms with Gasteiger partial charge >= 0.3 is 0 Å². The Labute approximate surface area is 118 Å². The second-order valence-corrected chi connectivity index (χ2v) is 8.17. The molecule has 1 aromatic heterocycles. The summed E-state index contributed by atoms with van der Waals surface area (Å²) in [5.74, 6) is 0.320. The molecule has 0 saturated carbocycles. The summed E-state index contributed by atoms with van der Waals surface area (Å²) in [6.07, 6.45) is 0. The van der Waals surface area contributed by atoms with Crippen molar-refractivity contribution in [1.29, 1.82) is 0 Å². The van der Waals surface area contributed by atoms with E-state index in [1.165, 1.54) is 11.3 Å². The van der Waals surface area contributed by atoms with Crippen molar-refractivity contribution in [2.45, 2.75) is 24.5 Å². The van der Waals surface area contributed by atoms with Crippen LogP contribution in [0.5, 0.6) is 0 Å². The number of sulfonamides is 1. The standard InChI is InChI=1S/C12H20N2O3S2/c1-9-5-14(6-12(9)13(2)3)19(16,17)11-4-10(7-15)18-8-11/h4,8-9,12,15H,5-7H2,1-3H3. The average molecular weight is 304 g/mol. The van der Waals surface area contributed by atoms with E-state index < -0.39 is 10.0 Å². The first-order chi connectivity index (χ1) is 8.86. The van der Waals surface area contributed by atoms with Crippen molar-refractivity contribution in [2.24, 2.45) is 5.92 Å². The molecule has 1 saturated heterocycles. The number of nitrogens with zero attached hydrogens (tertiary/aromatic N) is 2. The summed E-state index contributed by atoms with van der Waals surface area (Å²) in [6.45, 7) is 3.04. The molecule has 0 spiro atoms. The van der Waals surface area contributed by atoms with Crippen molar-refractivity contribution in [3.8, 4) is 0 Å². The Morgan fingerprint density at radius 1 is 1.47 bits per heavy atom. The molecule has 2 unspecified atom stereocenters. The van der Waals surface area contributed by atoms with E-state index in [4.69, 9.17) is 5.11 Å². The van der Waals surface area contributed by atoms with Crippen molar-refractivity contribution < 1.29 is 13.5 Å². The lowest BCUT2D eigenvalue weighted by molar-refractivity contribution is 0.263. The molecule has 1 N–H and O–H groups in total. The lowest BCUT2D eigenvalue weighted by Gasteiger charge is -2.22. The molecule has 1 aromatic rings. The normalized spacial score (nSPS) is 25.3. The molecule has 1 aliphatic heterocycles. The third-order valence-electron chi connectivity index (χ3n) is 3.63. The van der Waals surface area contributed by atoms with Crippen molar-refractivity contribution in [3.05, 3.63) is 16.3 Å². The summed E-state index contributed by atoms with van der Waals surface area (Å²) in [4.78, 5) is 3.05. The van der Waals surface area contributed by atoms with E-state index in [0.29, 0.717) is 28.8 Å².